The van der Waals surface area contributed by atoms with Crippen LogP contribution in [0.3, 0.4) is 0 Å². The van der Waals surface area contributed by atoms with Crippen molar-refractivity contribution < 1.29 is 28.6 Å². The van der Waals surface area contributed by atoms with Crippen LogP contribution < -0.4 is 4.74 Å². The largest absolute Gasteiger partial charge is 0.465 e. The van der Waals surface area contributed by atoms with Crippen LogP contribution in [-0.2, 0) is 9.47 Å². The Morgan fingerprint density at radius 2 is 1.50 bits per heavy atom. The molecule has 0 amide bonds. The fourth-order valence-corrected chi connectivity index (χ4v) is 1.96. The third-order valence-corrected chi connectivity index (χ3v) is 3.13. The first-order chi connectivity index (χ1) is 11.4. The number of rotatable bonds is 4. The lowest BCUT2D eigenvalue weighted by Crippen LogP contribution is -2.12. The SMILES string of the molecule is COC(=O)c1cc(OC(=O)c2cc(Cl)ccn2)cc(C(=O)OC)c1. The van der Waals surface area contributed by atoms with Crippen LogP contribution in [0.5, 0.6) is 5.75 Å². The average Bonchev–Trinajstić information content (AvgIpc) is 2.59. The van der Waals surface area contributed by atoms with Gasteiger partial charge in [0, 0.05) is 11.2 Å². The Morgan fingerprint density at radius 1 is 0.917 bits per heavy atom. The Bertz CT molecular complexity index is 771. The van der Waals surface area contributed by atoms with Crippen molar-refractivity contribution in [2.45, 2.75) is 0 Å². The van der Waals surface area contributed by atoms with Gasteiger partial charge in [0.2, 0.25) is 0 Å². The highest BCUT2D eigenvalue weighted by molar-refractivity contribution is 6.30. The van der Waals surface area contributed by atoms with Crippen LogP contribution in [0.2, 0.25) is 5.02 Å². The molecule has 2 aromatic rings. The van der Waals surface area contributed by atoms with Gasteiger partial charge in [0.1, 0.15) is 11.4 Å². The van der Waals surface area contributed by atoms with E-state index in [1.165, 1.54) is 50.7 Å². The van der Waals surface area contributed by atoms with Crippen molar-refractivity contribution in [1.29, 1.82) is 0 Å². The third kappa shape index (κ3) is 4.08. The fraction of sp³-hybridized carbons (Fsp3) is 0.125. The van der Waals surface area contributed by atoms with Gasteiger partial charge in [-0.2, -0.15) is 0 Å². The zero-order chi connectivity index (χ0) is 17.7. The first kappa shape index (κ1) is 17.4. The van der Waals surface area contributed by atoms with Gasteiger partial charge < -0.3 is 14.2 Å². The highest BCUT2D eigenvalue weighted by Crippen LogP contribution is 2.20. The summed E-state index contributed by atoms with van der Waals surface area (Å²) < 4.78 is 14.4. The highest BCUT2D eigenvalue weighted by Gasteiger charge is 2.17. The fourth-order valence-electron chi connectivity index (χ4n) is 1.81. The molecule has 0 fully saturated rings. The van der Waals surface area contributed by atoms with Crippen LogP contribution in [0.15, 0.2) is 36.5 Å². The molecular formula is C16H12ClNO6. The number of esters is 3. The molecule has 1 heterocycles. The van der Waals surface area contributed by atoms with Gasteiger partial charge in [-0.05, 0) is 30.3 Å². The van der Waals surface area contributed by atoms with Gasteiger partial charge in [0.25, 0.3) is 0 Å². The molecule has 0 bridgehead atoms. The van der Waals surface area contributed by atoms with Crippen molar-refractivity contribution in [2.75, 3.05) is 14.2 Å². The van der Waals surface area contributed by atoms with Gasteiger partial charge in [-0.3, -0.25) is 0 Å². The van der Waals surface area contributed by atoms with E-state index in [1.807, 2.05) is 0 Å². The number of hydrogen-bond acceptors (Lipinski definition) is 7. The number of methoxy groups -OCH3 is 2. The summed E-state index contributed by atoms with van der Waals surface area (Å²) in [5.74, 6) is -2.22. The summed E-state index contributed by atoms with van der Waals surface area (Å²) >= 11 is 5.79. The Kier molecular flexibility index (Phi) is 5.49. The second-order valence-corrected chi connectivity index (χ2v) is 4.91. The first-order valence-electron chi connectivity index (χ1n) is 6.60. The molecule has 0 radical (unpaired) electrons. The van der Waals surface area contributed by atoms with Gasteiger partial charge in [-0.15, -0.1) is 0 Å². The lowest BCUT2D eigenvalue weighted by molar-refractivity contribution is 0.0593. The molecule has 1 aromatic heterocycles. The molecule has 0 atom stereocenters. The van der Waals surface area contributed by atoms with E-state index < -0.39 is 17.9 Å². The molecule has 0 aliphatic rings. The van der Waals surface area contributed by atoms with E-state index in [2.05, 4.69) is 14.5 Å². The van der Waals surface area contributed by atoms with Crippen LogP contribution in [0, 0.1) is 0 Å². The normalized spacial score (nSPS) is 9.96. The lowest BCUT2D eigenvalue weighted by atomic mass is 10.1. The standard InChI is InChI=1S/C16H12ClNO6/c1-22-14(19)9-5-10(15(20)23-2)7-12(6-9)24-16(21)13-8-11(17)3-4-18-13/h3-8H,1-2H3. The molecule has 0 N–H and O–H groups in total. The lowest BCUT2D eigenvalue weighted by Gasteiger charge is -2.08. The van der Waals surface area contributed by atoms with Gasteiger partial charge in [0.15, 0.2) is 0 Å². The minimum Gasteiger partial charge on any atom is -0.465 e. The van der Waals surface area contributed by atoms with Gasteiger partial charge in [-0.25, -0.2) is 19.4 Å². The highest BCUT2D eigenvalue weighted by atomic mass is 35.5. The summed E-state index contributed by atoms with van der Waals surface area (Å²) in [5.41, 5.74) is 0.0371. The molecule has 0 saturated carbocycles. The maximum Gasteiger partial charge on any atom is 0.362 e. The molecule has 124 valence electrons. The first-order valence-corrected chi connectivity index (χ1v) is 6.98. The maximum absolute atomic E-state index is 12.1. The average molecular weight is 350 g/mol. The number of ether oxygens (including phenoxy) is 3. The molecule has 0 spiro atoms. The van der Waals surface area contributed by atoms with E-state index in [1.54, 1.807) is 0 Å². The molecule has 24 heavy (non-hydrogen) atoms. The van der Waals surface area contributed by atoms with Gasteiger partial charge in [-0.1, -0.05) is 11.6 Å². The molecule has 2 rings (SSSR count). The molecule has 0 unspecified atom stereocenters. The van der Waals surface area contributed by atoms with Crippen LogP contribution in [0.25, 0.3) is 0 Å². The maximum atomic E-state index is 12.1. The minimum atomic E-state index is -0.796. The van der Waals surface area contributed by atoms with E-state index in [0.717, 1.165) is 0 Å². The number of hydrogen-bond donors (Lipinski definition) is 0. The summed E-state index contributed by atoms with van der Waals surface area (Å²) in [6.07, 6.45) is 1.35. The van der Waals surface area contributed by atoms with E-state index in [9.17, 15) is 14.4 Å². The zero-order valence-electron chi connectivity index (χ0n) is 12.7. The summed E-state index contributed by atoms with van der Waals surface area (Å²) in [6, 6.07) is 6.63. The molecule has 1 aromatic carbocycles. The van der Waals surface area contributed by atoms with Crippen molar-refractivity contribution in [1.82, 2.24) is 4.98 Å². The molecule has 7 nitrogen and oxygen atoms in total. The molecular weight excluding hydrogens is 338 g/mol. The number of benzene rings is 1. The monoisotopic (exact) mass is 349 g/mol. The van der Waals surface area contributed by atoms with Crippen LogP contribution in [0.1, 0.15) is 31.2 Å². The van der Waals surface area contributed by atoms with Gasteiger partial charge in [0.05, 0.1) is 25.3 Å². The summed E-state index contributed by atoms with van der Waals surface area (Å²) in [7, 11) is 2.38. The van der Waals surface area contributed by atoms with Crippen molar-refractivity contribution in [2.24, 2.45) is 0 Å². The predicted molar refractivity (Wildman–Crippen MR) is 83.3 cm³/mol. The predicted octanol–water partition coefficient (Wildman–Crippen LogP) is 2.53. The van der Waals surface area contributed by atoms with E-state index in [4.69, 9.17) is 16.3 Å². The van der Waals surface area contributed by atoms with Crippen LogP contribution >= 0.6 is 11.6 Å². The minimum absolute atomic E-state index is 0.0226. The molecule has 0 saturated heterocycles. The Balaban J connectivity index is 2.36. The molecule has 0 aliphatic carbocycles. The Labute approximate surface area is 142 Å². The van der Waals surface area contributed by atoms with E-state index >= 15 is 0 Å². The second-order valence-electron chi connectivity index (χ2n) is 4.48. The number of halogens is 1. The van der Waals surface area contributed by atoms with E-state index in [-0.39, 0.29) is 22.6 Å². The quantitative estimate of drug-likeness (QED) is 0.618. The molecule has 0 aliphatic heterocycles. The van der Waals surface area contributed by atoms with Crippen LogP contribution in [-0.4, -0.2) is 37.1 Å². The van der Waals surface area contributed by atoms with Crippen molar-refractivity contribution in [3.63, 3.8) is 0 Å². The van der Waals surface area contributed by atoms with Crippen LogP contribution in [0.4, 0.5) is 0 Å². The Hall–Kier alpha value is -2.93. The third-order valence-electron chi connectivity index (χ3n) is 2.89. The zero-order valence-corrected chi connectivity index (χ0v) is 13.5. The number of carbonyl (C=O) groups excluding carboxylic acids is 3. The van der Waals surface area contributed by atoms with E-state index in [0.29, 0.717) is 5.02 Å². The molecule has 8 heteroatoms. The summed E-state index contributed by atoms with van der Waals surface area (Å²) in [5, 5.41) is 0.315. The summed E-state index contributed by atoms with van der Waals surface area (Å²) in [6.45, 7) is 0. The topological polar surface area (TPSA) is 91.8 Å². The van der Waals surface area contributed by atoms with Crippen molar-refractivity contribution in [3.8, 4) is 5.75 Å². The Morgan fingerprint density at radius 3 is 2.00 bits per heavy atom. The number of aromatic nitrogens is 1. The van der Waals surface area contributed by atoms with Crippen molar-refractivity contribution >= 4 is 29.5 Å². The summed E-state index contributed by atoms with van der Waals surface area (Å²) in [4.78, 5) is 39.3. The second kappa shape index (κ2) is 7.56. The number of carbonyl (C=O) groups is 3. The van der Waals surface area contributed by atoms with Gasteiger partial charge >= 0.3 is 17.9 Å². The number of nitrogens with zero attached hydrogens (tertiary/aromatic N) is 1. The van der Waals surface area contributed by atoms with Crippen molar-refractivity contribution in [3.05, 3.63) is 58.4 Å². The number of pyridine rings is 1. The smallest absolute Gasteiger partial charge is 0.362 e.